The predicted molar refractivity (Wildman–Crippen MR) is 87.6 cm³/mol. The van der Waals surface area contributed by atoms with Gasteiger partial charge < -0.3 is 4.43 Å². The Morgan fingerprint density at radius 2 is 1.32 bits per heavy atom. The molecule has 0 fully saturated rings. The first-order chi connectivity index (χ1) is 8.91. The molecule has 0 heterocycles. The molecule has 0 radical (unpaired) electrons. The minimum absolute atomic E-state index is 0.618. The second-order valence-electron chi connectivity index (χ2n) is 6.15. The van der Waals surface area contributed by atoms with Crippen molar-refractivity contribution in [3.8, 4) is 0 Å². The SMILES string of the molecule is CC(C)[Si](O/C=C\c1ccccc1)(C(C)C)C(C)C. The number of rotatable bonds is 6. The first-order valence-electron chi connectivity index (χ1n) is 7.30. The summed E-state index contributed by atoms with van der Waals surface area (Å²) in [4.78, 5) is 0. The van der Waals surface area contributed by atoms with Crippen LogP contribution in [0.5, 0.6) is 0 Å². The molecule has 0 N–H and O–H groups in total. The highest BCUT2D eigenvalue weighted by atomic mass is 28.4. The molecule has 0 bridgehead atoms. The highest BCUT2D eigenvalue weighted by Crippen LogP contribution is 2.42. The minimum atomic E-state index is -1.77. The second-order valence-corrected chi connectivity index (χ2v) is 11.6. The van der Waals surface area contributed by atoms with Crippen LogP contribution in [0.25, 0.3) is 6.08 Å². The Balaban J connectivity index is 2.88. The summed E-state index contributed by atoms with van der Waals surface area (Å²) in [6, 6.07) is 10.3. The molecule has 1 aromatic carbocycles. The van der Waals surface area contributed by atoms with E-state index in [-0.39, 0.29) is 0 Å². The van der Waals surface area contributed by atoms with E-state index in [1.807, 2.05) is 12.3 Å². The Hall–Kier alpha value is -1.02. The molecule has 2 heteroatoms. The van der Waals surface area contributed by atoms with E-state index in [0.717, 1.165) is 0 Å². The van der Waals surface area contributed by atoms with Gasteiger partial charge in [-0.05, 0) is 28.3 Å². The number of hydrogen-bond donors (Lipinski definition) is 0. The molecule has 0 spiro atoms. The molecular weight excluding hydrogens is 248 g/mol. The molecule has 0 aromatic heterocycles. The third-order valence-electron chi connectivity index (χ3n) is 4.04. The fourth-order valence-corrected chi connectivity index (χ4v) is 8.32. The van der Waals surface area contributed by atoms with E-state index in [1.165, 1.54) is 5.56 Å². The van der Waals surface area contributed by atoms with Gasteiger partial charge in [0.15, 0.2) is 0 Å². The van der Waals surface area contributed by atoms with Gasteiger partial charge in [-0.2, -0.15) is 0 Å². The Morgan fingerprint density at radius 1 is 0.842 bits per heavy atom. The molecule has 19 heavy (non-hydrogen) atoms. The maximum absolute atomic E-state index is 6.38. The molecule has 1 aromatic rings. The normalized spacial score (nSPS) is 12.9. The van der Waals surface area contributed by atoms with Crippen LogP contribution in [0.1, 0.15) is 47.1 Å². The van der Waals surface area contributed by atoms with Crippen molar-refractivity contribution in [1.29, 1.82) is 0 Å². The van der Waals surface area contributed by atoms with Crippen molar-refractivity contribution in [2.24, 2.45) is 0 Å². The average molecular weight is 276 g/mol. The number of hydrogen-bond acceptors (Lipinski definition) is 1. The molecule has 0 aliphatic rings. The van der Waals surface area contributed by atoms with Crippen LogP contribution in [0.4, 0.5) is 0 Å². The van der Waals surface area contributed by atoms with Crippen LogP contribution in [0.3, 0.4) is 0 Å². The highest BCUT2D eigenvalue weighted by molar-refractivity contribution is 6.77. The summed E-state index contributed by atoms with van der Waals surface area (Å²) in [6.07, 6.45) is 4.01. The molecule has 1 rings (SSSR count). The van der Waals surface area contributed by atoms with Crippen LogP contribution < -0.4 is 0 Å². The van der Waals surface area contributed by atoms with E-state index in [9.17, 15) is 0 Å². The van der Waals surface area contributed by atoms with Gasteiger partial charge in [0.2, 0.25) is 0 Å². The second kappa shape index (κ2) is 6.95. The first kappa shape index (κ1) is 16.0. The molecule has 0 amide bonds. The molecule has 0 aliphatic heterocycles. The highest BCUT2D eigenvalue weighted by Gasteiger charge is 2.46. The first-order valence-corrected chi connectivity index (χ1v) is 9.44. The maximum atomic E-state index is 6.38. The topological polar surface area (TPSA) is 9.23 Å². The van der Waals surface area contributed by atoms with Crippen LogP contribution >= 0.6 is 0 Å². The van der Waals surface area contributed by atoms with E-state index in [1.54, 1.807) is 0 Å². The van der Waals surface area contributed by atoms with Gasteiger partial charge >= 0.3 is 0 Å². The average Bonchev–Trinajstić information content (AvgIpc) is 2.34. The third kappa shape index (κ3) is 3.72. The Labute approximate surface area is 119 Å². The monoisotopic (exact) mass is 276 g/mol. The zero-order chi connectivity index (χ0) is 14.5. The summed E-state index contributed by atoms with van der Waals surface area (Å²) in [5.41, 5.74) is 3.05. The van der Waals surface area contributed by atoms with E-state index < -0.39 is 8.32 Å². The summed E-state index contributed by atoms with van der Waals surface area (Å²) < 4.78 is 6.38. The van der Waals surface area contributed by atoms with Gasteiger partial charge in [-0.15, -0.1) is 0 Å². The van der Waals surface area contributed by atoms with Gasteiger partial charge in [0.25, 0.3) is 8.32 Å². The molecule has 0 aliphatic carbocycles. The summed E-state index contributed by atoms with van der Waals surface area (Å²) in [5, 5.41) is 0. The van der Waals surface area contributed by atoms with E-state index in [0.29, 0.717) is 16.6 Å². The molecule has 106 valence electrons. The Kier molecular flexibility index (Phi) is 5.86. The lowest BCUT2D eigenvalue weighted by molar-refractivity contribution is 0.419. The van der Waals surface area contributed by atoms with Crippen LogP contribution in [0.2, 0.25) is 16.6 Å². The Bertz CT molecular complexity index is 371. The van der Waals surface area contributed by atoms with Crippen molar-refractivity contribution in [2.45, 2.75) is 58.2 Å². The fourth-order valence-electron chi connectivity index (χ4n) is 3.20. The lowest BCUT2D eigenvalue weighted by Crippen LogP contribution is -2.46. The van der Waals surface area contributed by atoms with E-state index in [4.69, 9.17) is 4.43 Å². The van der Waals surface area contributed by atoms with Gasteiger partial charge in [0.1, 0.15) is 0 Å². The predicted octanol–water partition coefficient (Wildman–Crippen LogP) is 5.85. The van der Waals surface area contributed by atoms with Crippen LogP contribution in [0.15, 0.2) is 36.6 Å². The zero-order valence-corrected chi connectivity index (χ0v) is 14.2. The van der Waals surface area contributed by atoms with Gasteiger partial charge in [0.05, 0.1) is 6.26 Å². The zero-order valence-electron chi connectivity index (χ0n) is 13.2. The van der Waals surface area contributed by atoms with Gasteiger partial charge in [-0.1, -0.05) is 71.9 Å². The molecule has 0 saturated heterocycles. The van der Waals surface area contributed by atoms with Crippen molar-refractivity contribution in [2.75, 3.05) is 0 Å². The summed E-state index contributed by atoms with van der Waals surface area (Å²) >= 11 is 0. The van der Waals surface area contributed by atoms with Crippen molar-refractivity contribution in [3.63, 3.8) is 0 Å². The van der Waals surface area contributed by atoms with E-state index in [2.05, 4.69) is 71.9 Å². The van der Waals surface area contributed by atoms with Crippen molar-refractivity contribution < 1.29 is 4.43 Å². The van der Waals surface area contributed by atoms with Crippen LogP contribution in [-0.2, 0) is 4.43 Å². The van der Waals surface area contributed by atoms with Gasteiger partial charge in [-0.25, -0.2) is 0 Å². The van der Waals surface area contributed by atoms with E-state index >= 15 is 0 Å². The number of benzene rings is 1. The third-order valence-corrected chi connectivity index (χ3v) is 10.00. The lowest BCUT2D eigenvalue weighted by atomic mass is 10.2. The summed E-state index contributed by atoms with van der Waals surface area (Å²) in [7, 11) is -1.77. The van der Waals surface area contributed by atoms with Crippen LogP contribution in [0, 0.1) is 0 Å². The fraction of sp³-hybridized carbons (Fsp3) is 0.529. The van der Waals surface area contributed by atoms with Gasteiger partial charge in [-0.3, -0.25) is 0 Å². The smallest absolute Gasteiger partial charge is 0.257 e. The summed E-state index contributed by atoms with van der Waals surface area (Å²) in [6.45, 7) is 13.8. The van der Waals surface area contributed by atoms with Crippen molar-refractivity contribution in [1.82, 2.24) is 0 Å². The molecular formula is C17H28OSi. The Morgan fingerprint density at radius 3 is 1.74 bits per heavy atom. The molecule has 0 saturated carbocycles. The lowest BCUT2D eigenvalue weighted by Gasteiger charge is -2.41. The maximum Gasteiger partial charge on any atom is 0.257 e. The van der Waals surface area contributed by atoms with Crippen LogP contribution in [-0.4, -0.2) is 8.32 Å². The van der Waals surface area contributed by atoms with Crippen molar-refractivity contribution in [3.05, 3.63) is 42.2 Å². The van der Waals surface area contributed by atoms with Crippen molar-refractivity contribution >= 4 is 14.4 Å². The standard InChI is InChI=1S/C17H28OSi/c1-14(2)19(15(3)4,16(5)6)18-13-12-17-10-8-7-9-11-17/h7-16H,1-6H3/b13-12-. The minimum Gasteiger partial charge on any atom is -0.548 e. The largest absolute Gasteiger partial charge is 0.548 e. The molecule has 0 atom stereocenters. The molecule has 1 nitrogen and oxygen atoms in total. The summed E-state index contributed by atoms with van der Waals surface area (Å²) in [5.74, 6) is 0. The van der Waals surface area contributed by atoms with Gasteiger partial charge in [0, 0.05) is 0 Å². The quantitative estimate of drug-likeness (QED) is 0.468. The molecule has 0 unspecified atom stereocenters.